The van der Waals surface area contributed by atoms with Crippen molar-refractivity contribution in [1.82, 2.24) is 0 Å². The first kappa shape index (κ1) is 8.98. The molecule has 1 rings (SSSR count). The van der Waals surface area contributed by atoms with E-state index in [9.17, 15) is 0 Å². The van der Waals surface area contributed by atoms with Crippen LogP contribution in [0.1, 0.15) is 5.56 Å². The number of aromatic hydroxyl groups is 1. The number of phenols is 1. The lowest BCUT2D eigenvalue weighted by Crippen LogP contribution is -1.79. The van der Waals surface area contributed by atoms with Crippen LogP contribution in [0, 0.1) is 0 Å². The molecule has 0 saturated heterocycles. The third kappa shape index (κ3) is 1.92. The molecule has 0 atom stereocenters. The summed E-state index contributed by atoms with van der Waals surface area (Å²) >= 11 is 16.7. The zero-order valence-electron chi connectivity index (χ0n) is 5.44. The van der Waals surface area contributed by atoms with Crippen LogP contribution in [0.15, 0.2) is 12.1 Å². The first-order valence-electron chi connectivity index (χ1n) is 2.88. The topological polar surface area (TPSA) is 20.2 Å². The van der Waals surface area contributed by atoms with E-state index in [1.54, 1.807) is 12.1 Å². The smallest absolute Gasteiger partial charge is 0.152 e. The van der Waals surface area contributed by atoms with Gasteiger partial charge in [-0.3, -0.25) is 0 Å². The molecule has 0 aromatic heterocycles. The van der Waals surface area contributed by atoms with Crippen molar-refractivity contribution < 1.29 is 5.11 Å². The minimum Gasteiger partial charge on any atom is -0.505 e. The Morgan fingerprint density at radius 3 is 2.00 bits per heavy atom. The zero-order valence-corrected chi connectivity index (χ0v) is 7.71. The molecule has 60 valence electrons. The Hall–Kier alpha value is -0.110. The summed E-state index contributed by atoms with van der Waals surface area (Å²) < 4.78 is 0. The fourth-order valence-corrected chi connectivity index (χ4v) is 1.38. The lowest BCUT2D eigenvalue weighted by atomic mass is 10.2. The lowest BCUT2D eigenvalue weighted by molar-refractivity contribution is 0.475. The van der Waals surface area contributed by atoms with Gasteiger partial charge in [-0.1, -0.05) is 23.2 Å². The van der Waals surface area contributed by atoms with Gasteiger partial charge in [-0.15, -0.1) is 11.6 Å². The van der Waals surface area contributed by atoms with Crippen molar-refractivity contribution in [3.63, 3.8) is 0 Å². The van der Waals surface area contributed by atoms with Crippen LogP contribution in [0.2, 0.25) is 10.0 Å². The summed E-state index contributed by atoms with van der Waals surface area (Å²) in [6.45, 7) is 0. The number of hydrogen-bond donors (Lipinski definition) is 1. The molecule has 0 saturated carbocycles. The van der Waals surface area contributed by atoms with Crippen molar-refractivity contribution in [2.24, 2.45) is 0 Å². The Morgan fingerprint density at radius 1 is 1.18 bits per heavy atom. The highest BCUT2D eigenvalue weighted by Gasteiger charge is 2.04. The van der Waals surface area contributed by atoms with Crippen LogP contribution in [0.25, 0.3) is 0 Å². The second-order valence-corrected chi connectivity index (χ2v) is 3.12. The van der Waals surface area contributed by atoms with Gasteiger partial charge >= 0.3 is 0 Å². The largest absolute Gasteiger partial charge is 0.505 e. The second-order valence-electron chi connectivity index (χ2n) is 2.04. The summed E-state index contributed by atoms with van der Waals surface area (Å²) in [5, 5.41) is 9.58. The summed E-state index contributed by atoms with van der Waals surface area (Å²) in [6.07, 6.45) is 0. The standard InChI is InChI=1S/C7H5Cl3O/c8-3-4-1-5(9)7(11)6(10)2-4/h1-2,11H,3H2. The Kier molecular flexibility index (Phi) is 2.88. The molecule has 0 heterocycles. The Labute approximate surface area is 79.5 Å². The molecule has 0 fully saturated rings. The molecular weight excluding hydrogens is 206 g/mol. The summed E-state index contributed by atoms with van der Waals surface area (Å²) in [5.41, 5.74) is 0.791. The molecule has 0 aliphatic carbocycles. The molecule has 1 nitrogen and oxygen atoms in total. The number of phenolic OH excluding ortho intramolecular Hbond substituents is 1. The number of halogens is 3. The van der Waals surface area contributed by atoms with Crippen molar-refractivity contribution >= 4 is 34.8 Å². The molecule has 0 aliphatic rings. The SMILES string of the molecule is Oc1c(Cl)cc(CCl)cc1Cl. The molecule has 0 spiro atoms. The maximum atomic E-state index is 9.12. The number of alkyl halides is 1. The first-order valence-corrected chi connectivity index (χ1v) is 4.17. The van der Waals surface area contributed by atoms with Gasteiger partial charge in [0, 0.05) is 5.88 Å². The van der Waals surface area contributed by atoms with Gasteiger partial charge in [-0.25, -0.2) is 0 Å². The van der Waals surface area contributed by atoms with Crippen LogP contribution in [0.4, 0.5) is 0 Å². The minimum atomic E-state index is -0.0952. The predicted molar refractivity (Wildman–Crippen MR) is 47.7 cm³/mol. The molecule has 1 aromatic carbocycles. The average Bonchev–Trinajstić information content (AvgIpc) is 1.99. The van der Waals surface area contributed by atoms with Gasteiger partial charge in [-0.05, 0) is 17.7 Å². The predicted octanol–water partition coefficient (Wildman–Crippen LogP) is 3.44. The van der Waals surface area contributed by atoms with E-state index >= 15 is 0 Å². The van der Waals surface area contributed by atoms with E-state index in [4.69, 9.17) is 39.9 Å². The Balaban J connectivity index is 3.21. The van der Waals surface area contributed by atoms with Gasteiger partial charge in [0.15, 0.2) is 5.75 Å². The van der Waals surface area contributed by atoms with Gasteiger partial charge in [0.2, 0.25) is 0 Å². The second kappa shape index (κ2) is 3.53. The average molecular weight is 211 g/mol. The number of hydrogen-bond acceptors (Lipinski definition) is 1. The van der Waals surface area contributed by atoms with Crippen molar-refractivity contribution in [1.29, 1.82) is 0 Å². The van der Waals surface area contributed by atoms with Crippen molar-refractivity contribution in [2.45, 2.75) is 5.88 Å². The van der Waals surface area contributed by atoms with Gasteiger partial charge < -0.3 is 5.11 Å². The highest BCUT2D eigenvalue weighted by atomic mass is 35.5. The minimum absolute atomic E-state index is 0.0952. The fourth-order valence-electron chi connectivity index (χ4n) is 0.695. The van der Waals surface area contributed by atoms with E-state index in [0.29, 0.717) is 5.88 Å². The maximum absolute atomic E-state index is 9.12. The summed E-state index contributed by atoms with van der Waals surface area (Å²) in [4.78, 5) is 0. The van der Waals surface area contributed by atoms with E-state index in [-0.39, 0.29) is 15.8 Å². The van der Waals surface area contributed by atoms with Crippen LogP contribution in [-0.4, -0.2) is 5.11 Å². The molecule has 1 aromatic rings. The van der Waals surface area contributed by atoms with Gasteiger partial charge in [-0.2, -0.15) is 0 Å². The highest BCUT2D eigenvalue weighted by Crippen LogP contribution is 2.32. The molecule has 0 bridgehead atoms. The summed E-state index contributed by atoms with van der Waals surface area (Å²) in [7, 11) is 0. The zero-order chi connectivity index (χ0) is 8.43. The van der Waals surface area contributed by atoms with E-state index in [1.807, 2.05) is 0 Å². The van der Waals surface area contributed by atoms with Crippen LogP contribution < -0.4 is 0 Å². The normalized spacial score (nSPS) is 10.1. The monoisotopic (exact) mass is 210 g/mol. The third-order valence-electron chi connectivity index (χ3n) is 1.23. The highest BCUT2D eigenvalue weighted by molar-refractivity contribution is 6.37. The van der Waals surface area contributed by atoms with Crippen LogP contribution in [0.3, 0.4) is 0 Å². The summed E-state index contributed by atoms with van der Waals surface area (Å²) in [6, 6.07) is 3.16. The van der Waals surface area contributed by atoms with E-state index in [2.05, 4.69) is 0 Å². The van der Waals surface area contributed by atoms with Gasteiger partial charge in [0.1, 0.15) is 0 Å². The number of rotatable bonds is 1. The van der Waals surface area contributed by atoms with Gasteiger partial charge in [0.25, 0.3) is 0 Å². The van der Waals surface area contributed by atoms with Crippen molar-refractivity contribution in [2.75, 3.05) is 0 Å². The Bertz CT molecular complexity index is 249. The lowest BCUT2D eigenvalue weighted by Gasteiger charge is -2.01. The van der Waals surface area contributed by atoms with E-state index < -0.39 is 0 Å². The number of benzene rings is 1. The third-order valence-corrected chi connectivity index (χ3v) is 2.12. The quantitative estimate of drug-likeness (QED) is 0.706. The van der Waals surface area contributed by atoms with Gasteiger partial charge in [0.05, 0.1) is 10.0 Å². The van der Waals surface area contributed by atoms with Crippen LogP contribution in [0.5, 0.6) is 5.75 Å². The molecule has 0 amide bonds. The maximum Gasteiger partial charge on any atom is 0.152 e. The molecule has 11 heavy (non-hydrogen) atoms. The van der Waals surface area contributed by atoms with Crippen LogP contribution >= 0.6 is 34.8 Å². The molecule has 1 N–H and O–H groups in total. The van der Waals surface area contributed by atoms with Crippen LogP contribution in [-0.2, 0) is 5.88 Å². The molecule has 0 radical (unpaired) electrons. The molecule has 0 unspecified atom stereocenters. The fraction of sp³-hybridized carbons (Fsp3) is 0.143. The molecular formula is C7H5Cl3O. The molecule has 4 heteroatoms. The molecule has 0 aliphatic heterocycles. The van der Waals surface area contributed by atoms with E-state index in [0.717, 1.165) is 5.56 Å². The first-order chi connectivity index (χ1) is 5.15. The van der Waals surface area contributed by atoms with Crippen molar-refractivity contribution in [3.05, 3.63) is 27.7 Å². The van der Waals surface area contributed by atoms with Crippen molar-refractivity contribution in [3.8, 4) is 5.75 Å². The summed E-state index contributed by atoms with van der Waals surface area (Å²) in [5.74, 6) is 0.238. The van der Waals surface area contributed by atoms with E-state index in [1.165, 1.54) is 0 Å². The Morgan fingerprint density at radius 2 is 1.64 bits per heavy atom.